The molecular weight excluding hydrogens is 227 g/mol. The summed E-state index contributed by atoms with van der Waals surface area (Å²) in [5.41, 5.74) is 0.892. The van der Waals surface area contributed by atoms with E-state index < -0.39 is 0 Å². The van der Waals surface area contributed by atoms with Gasteiger partial charge in [-0.2, -0.15) is 0 Å². The summed E-state index contributed by atoms with van der Waals surface area (Å²) in [6, 6.07) is 7.75. The van der Waals surface area contributed by atoms with Gasteiger partial charge in [0, 0.05) is 6.04 Å². The van der Waals surface area contributed by atoms with Gasteiger partial charge in [-0.1, -0.05) is 18.2 Å². The number of rotatable bonds is 6. The monoisotopic (exact) mass is 250 g/mol. The fourth-order valence-electron chi connectivity index (χ4n) is 2.55. The molecule has 0 atom stereocenters. The van der Waals surface area contributed by atoms with Gasteiger partial charge < -0.3 is 10.2 Å². The minimum Gasteiger partial charge on any atom is -0.314 e. The van der Waals surface area contributed by atoms with E-state index in [9.17, 15) is 4.39 Å². The van der Waals surface area contributed by atoms with Gasteiger partial charge in [0.1, 0.15) is 5.82 Å². The third kappa shape index (κ3) is 3.53. The number of nitrogens with one attached hydrogen (secondary N) is 1. The molecule has 0 unspecified atom stereocenters. The quantitative estimate of drug-likeness (QED) is 0.781. The largest absolute Gasteiger partial charge is 0.314 e. The third-order valence-electron chi connectivity index (χ3n) is 3.70. The molecule has 0 heterocycles. The van der Waals surface area contributed by atoms with E-state index in [0.29, 0.717) is 12.0 Å². The fourth-order valence-corrected chi connectivity index (χ4v) is 2.55. The SMILES string of the molecule is CN(C)CCCNC1CC(c2ccccc2F)C1. The highest BCUT2D eigenvalue weighted by Crippen LogP contribution is 2.37. The zero-order valence-electron chi connectivity index (χ0n) is 11.3. The standard InChI is InChI=1S/C15H23FN2/c1-18(2)9-5-8-17-13-10-12(11-13)14-6-3-4-7-15(14)16/h3-4,6-7,12-13,17H,5,8-11H2,1-2H3. The van der Waals surface area contributed by atoms with E-state index in [1.807, 2.05) is 12.1 Å². The van der Waals surface area contributed by atoms with E-state index in [0.717, 1.165) is 31.5 Å². The van der Waals surface area contributed by atoms with Crippen LogP contribution in [0.5, 0.6) is 0 Å². The third-order valence-corrected chi connectivity index (χ3v) is 3.70. The molecule has 1 saturated carbocycles. The molecule has 0 aromatic heterocycles. The van der Waals surface area contributed by atoms with Crippen molar-refractivity contribution in [3.63, 3.8) is 0 Å². The number of halogens is 1. The van der Waals surface area contributed by atoms with Crippen LogP contribution in [0.15, 0.2) is 24.3 Å². The van der Waals surface area contributed by atoms with Crippen LogP contribution >= 0.6 is 0 Å². The molecule has 3 heteroatoms. The average Bonchev–Trinajstić information content (AvgIpc) is 2.28. The van der Waals surface area contributed by atoms with E-state index in [4.69, 9.17) is 0 Å². The van der Waals surface area contributed by atoms with Crippen molar-refractivity contribution in [3.05, 3.63) is 35.6 Å². The highest BCUT2D eigenvalue weighted by Gasteiger charge is 2.31. The van der Waals surface area contributed by atoms with Crippen LogP contribution in [0.2, 0.25) is 0 Å². The van der Waals surface area contributed by atoms with Gasteiger partial charge in [-0.05, 0) is 64.0 Å². The van der Waals surface area contributed by atoms with E-state index in [2.05, 4.69) is 24.3 Å². The molecule has 2 rings (SSSR count). The minimum atomic E-state index is -0.0476. The van der Waals surface area contributed by atoms with Crippen molar-refractivity contribution in [3.8, 4) is 0 Å². The second kappa shape index (κ2) is 6.30. The number of hydrogen-bond acceptors (Lipinski definition) is 2. The summed E-state index contributed by atoms with van der Waals surface area (Å²) in [7, 11) is 4.19. The van der Waals surface area contributed by atoms with Gasteiger partial charge in [0.25, 0.3) is 0 Å². The molecular formula is C15H23FN2. The van der Waals surface area contributed by atoms with Crippen LogP contribution in [0.1, 0.15) is 30.7 Å². The minimum absolute atomic E-state index is 0.0476. The van der Waals surface area contributed by atoms with Crippen LogP contribution in [-0.4, -0.2) is 38.1 Å². The molecule has 100 valence electrons. The Balaban J connectivity index is 1.67. The van der Waals surface area contributed by atoms with E-state index in [-0.39, 0.29) is 5.82 Å². The van der Waals surface area contributed by atoms with Crippen LogP contribution in [0.3, 0.4) is 0 Å². The van der Waals surface area contributed by atoms with Gasteiger partial charge in [0.2, 0.25) is 0 Å². The summed E-state index contributed by atoms with van der Waals surface area (Å²) in [6.07, 6.45) is 3.32. The van der Waals surface area contributed by atoms with Crippen molar-refractivity contribution in [2.75, 3.05) is 27.2 Å². The molecule has 1 aromatic carbocycles. The number of nitrogens with zero attached hydrogens (tertiary/aromatic N) is 1. The summed E-state index contributed by atoms with van der Waals surface area (Å²) < 4.78 is 13.6. The van der Waals surface area contributed by atoms with Crippen molar-refractivity contribution >= 4 is 0 Å². The molecule has 0 saturated heterocycles. The number of hydrogen-bond donors (Lipinski definition) is 1. The van der Waals surface area contributed by atoms with Crippen molar-refractivity contribution in [1.29, 1.82) is 0 Å². The Morgan fingerprint density at radius 2 is 2.00 bits per heavy atom. The maximum absolute atomic E-state index is 13.6. The molecule has 1 aliphatic carbocycles. The van der Waals surface area contributed by atoms with E-state index in [1.165, 1.54) is 6.42 Å². The topological polar surface area (TPSA) is 15.3 Å². The number of benzene rings is 1. The molecule has 0 aliphatic heterocycles. The molecule has 0 radical (unpaired) electrons. The Morgan fingerprint density at radius 1 is 1.28 bits per heavy atom. The summed E-state index contributed by atoms with van der Waals surface area (Å²) in [5, 5.41) is 3.54. The van der Waals surface area contributed by atoms with Crippen LogP contribution in [-0.2, 0) is 0 Å². The highest BCUT2D eigenvalue weighted by molar-refractivity contribution is 5.24. The first-order valence-corrected chi connectivity index (χ1v) is 6.79. The van der Waals surface area contributed by atoms with Gasteiger partial charge in [0.05, 0.1) is 0 Å². The summed E-state index contributed by atoms with van der Waals surface area (Å²) in [6.45, 7) is 2.18. The Labute approximate surface area is 109 Å². The maximum atomic E-state index is 13.6. The van der Waals surface area contributed by atoms with Crippen molar-refractivity contribution in [1.82, 2.24) is 10.2 Å². The molecule has 18 heavy (non-hydrogen) atoms. The van der Waals surface area contributed by atoms with E-state index in [1.54, 1.807) is 12.1 Å². The molecule has 2 nitrogen and oxygen atoms in total. The first-order valence-electron chi connectivity index (χ1n) is 6.79. The fraction of sp³-hybridized carbons (Fsp3) is 0.600. The predicted octanol–water partition coefficient (Wildman–Crippen LogP) is 2.61. The normalized spacial score (nSPS) is 23.1. The van der Waals surface area contributed by atoms with Gasteiger partial charge in [-0.3, -0.25) is 0 Å². The lowest BCUT2D eigenvalue weighted by atomic mass is 9.75. The van der Waals surface area contributed by atoms with Gasteiger partial charge in [-0.15, -0.1) is 0 Å². The lowest BCUT2D eigenvalue weighted by molar-refractivity contribution is 0.279. The summed E-state index contributed by atoms with van der Waals surface area (Å²) >= 11 is 0. The second-order valence-corrected chi connectivity index (χ2v) is 5.50. The second-order valence-electron chi connectivity index (χ2n) is 5.50. The molecule has 0 amide bonds. The zero-order chi connectivity index (χ0) is 13.0. The lowest BCUT2D eigenvalue weighted by Gasteiger charge is -2.36. The predicted molar refractivity (Wildman–Crippen MR) is 73.3 cm³/mol. The highest BCUT2D eigenvalue weighted by atomic mass is 19.1. The first-order chi connectivity index (χ1) is 8.66. The Hall–Kier alpha value is -0.930. The smallest absolute Gasteiger partial charge is 0.126 e. The van der Waals surface area contributed by atoms with E-state index >= 15 is 0 Å². The molecule has 1 fully saturated rings. The lowest BCUT2D eigenvalue weighted by Crippen LogP contribution is -2.41. The first kappa shape index (κ1) is 13.5. The summed E-state index contributed by atoms with van der Waals surface area (Å²) in [5.74, 6) is 0.367. The molecule has 0 spiro atoms. The van der Waals surface area contributed by atoms with Gasteiger partial charge in [0.15, 0.2) is 0 Å². The molecule has 1 aliphatic rings. The van der Waals surface area contributed by atoms with Gasteiger partial charge >= 0.3 is 0 Å². The molecule has 0 bridgehead atoms. The van der Waals surface area contributed by atoms with Crippen LogP contribution in [0.4, 0.5) is 4.39 Å². The van der Waals surface area contributed by atoms with Crippen molar-refractivity contribution < 1.29 is 4.39 Å². The van der Waals surface area contributed by atoms with Crippen molar-refractivity contribution in [2.45, 2.75) is 31.2 Å². The molecule has 1 N–H and O–H groups in total. The maximum Gasteiger partial charge on any atom is 0.126 e. The molecule has 1 aromatic rings. The Morgan fingerprint density at radius 3 is 2.67 bits per heavy atom. The Kier molecular flexibility index (Phi) is 4.72. The Bertz CT molecular complexity index is 373. The summed E-state index contributed by atoms with van der Waals surface area (Å²) in [4.78, 5) is 2.20. The van der Waals surface area contributed by atoms with Gasteiger partial charge in [-0.25, -0.2) is 4.39 Å². The zero-order valence-corrected chi connectivity index (χ0v) is 11.3. The van der Waals surface area contributed by atoms with Crippen molar-refractivity contribution in [2.24, 2.45) is 0 Å². The van der Waals surface area contributed by atoms with Crippen LogP contribution in [0, 0.1) is 5.82 Å². The average molecular weight is 250 g/mol. The van der Waals surface area contributed by atoms with Crippen LogP contribution < -0.4 is 5.32 Å². The van der Waals surface area contributed by atoms with Crippen LogP contribution in [0.25, 0.3) is 0 Å².